The molecule has 0 bridgehead atoms. The molecule has 1 aliphatic heterocycles. The summed E-state index contributed by atoms with van der Waals surface area (Å²) >= 11 is 0. The maximum absolute atomic E-state index is 12.3. The Hall–Kier alpha value is -3.26. The average molecular weight is 428 g/mol. The molecule has 8 heteroatoms. The summed E-state index contributed by atoms with van der Waals surface area (Å²) in [6.07, 6.45) is 6.09. The van der Waals surface area contributed by atoms with E-state index in [0.717, 1.165) is 23.2 Å². The second-order valence-corrected chi connectivity index (χ2v) is 7.23. The number of aryl methyl sites for hydroxylation is 1. The highest BCUT2D eigenvalue weighted by molar-refractivity contribution is 6.45. The minimum absolute atomic E-state index is 0.160. The van der Waals surface area contributed by atoms with Gasteiger partial charge in [-0.25, -0.2) is 4.58 Å². The first-order valence-corrected chi connectivity index (χ1v) is 9.94. The van der Waals surface area contributed by atoms with Crippen molar-refractivity contribution in [3.05, 3.63) is 58.2 Å². The van der Waals surface area contributed by atoms with Crippen LogP contribution in [-0.2, 0) is 25.8 Å². The van der Waals surface area contributed by atoms with Crippen LogP contribution in [0.3, 0.4) is 0 Å². The Kier molecular flexibility index (Phi) is 9.14. The molecule has 0 saturated carbocycles. The highest BCUT2D eigenvalue weighted by Crippen LogP contribution is 2.18. The van der Waals surface area contributed by atoms with Gasteiger partial charge < -0.3 is 19.7 Å². The molecule has 0 atom stereocenters. The number of ether oxygens (including phenoxy) is 1. The lowest BCUT2D eigenvalue weighted by atomic mass is 9.98. The standard InChI is InChI=1S/C23H30N4O4/c1-16-10-11-18(13-27(4)12-16)21(15-29-5)25-31-14-20-17(2)8-7-9-19(20)22(26-30-6)23(28)24-3/h7-11,13H,12,14-15H2,1-6H3/p+1/b25-21+,26-22+. The molecule has 1 aromatic carbocycles. The summed E-state index contributed by atoms with van der Waals surface area (Å²) in [6, 6.07) is 5.61. The number of hydrogen-bond acceptors (Lipinski definition) is 6. The number of carbonyl (C=O) groups is 1. The van der Waals surface area contributed by atoms with E-state index in [9.17, 15) is 4.79 Å². The van der Waals surface area contributed by atoms with Crippen molar-refractivity contribution in [2.75, 3.05) is 41.5 Å². The van der Waals surface area contributed by atoms with E-state index in [2.05, 4.69) is 33.2 Å². The van der Waals surface area contributed by atoms with Crippen LogP contribution in [0.5, 0.6) is 0 Å². The molecule has 2 rings (SSSR count). The quantitative estimate of drug-likeness (QED) is 0.372. The van der Waals surface area contributed by atoms with Crippen molar-refractivity contribution in [3.8, 4) is 0 Å². The van der Waals surface area contributed by atoms with Gasteiger partial charge in [0.15, 0.2) is 18.5 Å². The minimum Gasteiger partial charge on any atom is -0.398 e. The molecule has 0 fully saturated rings. The number of oxime groups is 2. The molecule has 0 aliphatic carbocycles. The number of methoxy groups -OCH3 is 1. The third-order valence-electron chi connectivity index (χ3n) is 4.69. The number of hydrogen-bond donors (Lipinski definition) is 1. The predicted octanol–water partition coefficient (Wildman–Crippen LogP) is 2.21. The summed E-state index contributed by atoms with van der Waals surface area (Å²) in [7, 11) is 6.58. The van der Waals surface area contributed by atoms with Gasteiger partial charge >= 0.3 is 0 Å². The molecule has 1 heterocycles. The van der Waals surface area contributed by atoms with Crippen molar-refractivity contribution in [3.63, 3.8) is 0 Å². The lowest BCUT2D eigenvalue weighted by molar-refractivity contribution is -0.483. The summed E-state index contributed by atoms with van der Waals surface area (Å²) in [5.74, 6) is -0.347. The number of amides is 1. The van der Waals surface area contributed by atoms with Crippen molar-refractivity contribution in [2.45, 2.75) is 20.5 Å². The van der Waals surface area contributed by atoms with E-state index in [1.54, 1.807) is 14.2 Å². The normalized spacial score (nSPS) is 14.8. The van der Waals surface area contributed by atoms with E-state index in [-0.39, 0.29) is 18.2 Å². The summed E-state index contributed by atoms with van der Waals surface area (Å²) in [5.41, 5.74) is 5.39. The third-order valence-corrected chi connectivity index (χ3v) is 4.69. The van der Waals surface area contributed by atoms with Crippen LogP contribution in [0.15, 0.2) is 51.8 Å². The maximum Gasteiger partial charge on any atom is 0.273 e. The first kappa shape index (κ1) is 24.0. The Morgan fingerprint density at radius 3 is 2.65 bits per heavy atom. The molecule has 0 saturated heterocycles. The van der Waals surface area contributed by atoms with E-state index in [0.29, 0.717) is 17.9 Å². The molecule has 8 nitrogen and oxygen atoms in total. The number of rotatable bonds is 9. The number of nitrogens with one attached hydrogen (secondary N) is 1. The molecular weight excluding hydrogens is 396 g/mol. The molecule has 31 heavy (non-hydrogen) atoms. The van der Waals surface area contributed by atoms with E-state index in [1.165, 1.54) is 12.7 Å². The summed E-state index contributed by atoms with van der Waals surface area (Å²) in [6.45, 7) is 5.33. The fourth-order valence-corrected chi connectivity index (χ4v) is 3.19. The van der Waals surface area contributed by atoms with Crippen LogP contribution in [0.1, 0.15) is 23.6 Å². The smallest absolute Gasteiger partial charge is 0.273 e. The van der Waals surface area contributed by atoms with Crippen LogP contribution < -0.4 is 5.32 Å². The van der Waals surface area contributed by atoms with Crippen LogP contribution >= 0.6 is 0 Å². The van der Waals surface area contributed by atoms with Gasteiger partial charge in [0.25, 0.3) is 5.91 Å². The zero-order valence-electron chi connectivity index (χ0n) is 19.1. The first-order valence-electron chi connectivity index (χ1n) is 9.94. The van der Waals surface area contributed by atoms with Crippen LogP contribution in [0.2, 0.25) is 0 Å². The summed E-state index contributed by atoms with van der Waals surface area (Å²) in [4.78, 5) is 22.9. The van der Waals surface area contributed by atoms with Crippen molar-refractivity contribution in [2.24, 2.45) is 10.3 Å². The van der Waals surface area contributed by atoms with E-state index >= 15 is 0 Å². The molecule has 1 amide bonds. The van der Waals surface area contributed by atoms with Crippen molar-refractivity contribution in [1.29, 1.82) is 0 Å². The van der Waals surface area contributed by atoms with Crippen LogP contribution in [0.25, 0.3) is 0 Å². The van der Waals surface area contributed by atoms with Crippen molar-refractivity contribution < 1.29 is 23.8 Å². The van der Waals surface area contributed by atoms with Gasteiger partial charge in [-0.05, 0) is 31.1 Å². The topological polar surface area (TPSA) is 84.5 Å². The van der Waals surface area contributed by atoms with Gasteiger partial charge in [-0.2, -0.15) is 0 Å². The van der Waals surface area contributed by atoms with Gasteiger partial charge in [-0.1, -0.05) is 34.6 Å². The minimum atomic E-state index is -0.347. The third kappa shape index (κ3) is 6.62. The lowest BCUT2D eigenvalue weighted by Gasteiger charge is -2.13. The monoisotopic (exact) mass is 427 g/mol. The predicted molar refractivity (Wildman–Crippen MR) is 122 cm³/mol. The zero-order valence-corrected chi connectivity index (χ0v) is 19.1. The molecular formula is C23H31N4O4+. The van der Waals surface area contributed by atoms with Gasteiger partial charge in [0.05, 0.1) is 12.2 Å². The van der Waals surface area contributed by atoms with Crippen LogP contribution in [-0.4, -0.2) is 69.6 Å². The fourth-order valence-electron chi connectivity index (χ4n) is 3.19. The molecule has 1 aromatic rings. The number of carbonyl (C=O) groups excluding carboxylic acids is 1. The van der Waals surface area contributed by atoms with Crippen molar-refractivity contribution in [1.82, 2.24) is 5.32 Å². The summed E-state index contributed by atoms with van der Waals surface area (Å²) in [5, 5.41) is 10.8. The van der Waals surface area contributed by atoms with Gasteiger partial charge in [0.1, 0.15) is 26.5 Å². The average Bonchev–Trinajstić information content (AvgIpc) is 2.91. The largest absolute Gasteiger partial charge is 0.398 e. The molecule has 0 radical (unpaired) electrons. The second kappa shape index (κ2) is 11.8. The molecule has 1 N–H and O–H groups in total. The lowest BCUT2D eigenvalue weighted by Crippen LogP contribution is -2.29. The molecule has 0 spiro atoms. The van der Waals surface area contributed by atoms with E-state index in [1.807, 2.05) is 44.5 Å². The maximum atomic E-state index is 12.3. The number of likely N-dealkylation sites (N-methyl/N-ethyl adjacent to an activating group) is 2. The van der Waals surface area contributed by atoms with E-state index in [4.69, 9.17) is 14.4 Å². The Morgan fingerprint density at radius 1 is 1.19 bits per heavy atom. The zero-order chi connectivity index (χ0) is 22.8. The van der Waals surface area contributed by atoms with E-state index < -0.39 is 0 Å². The number of nitrogens with zero attached hydrogens (tertiary/aromatic N) is 3. The van der Waals surface area contributed by atoms with Crippen LogP contribution in [0.4, 0.5) is 0 Å². The second-order valence-electron chi connectivity index (χ2n) is 7.23. The van der Waals surface area contributed by atoms with Crippen LogP contribution in [0, 0.1) is 6.92 Å². The number of benzene rings is 1. The Labute approximate surface area is 183 Å². The highest BCUT2D eigenvalue weighted by Gasteiger charge is 2.19. The Balaban J connectivity index is 2.34. The Morgan fingerprint density at radius 2 is 1.97 bits per heavy atom. The fraction of sp³-hybridized carbons (Fsp3) is 0.391. The SMILES string of the molecule is CNC(=O)/C(=N/OC)c1cccc(C)c1CO/N=C(\COC)C1=CC=C(C)C[N+](C)=C1. The first-order chi connectivity index (χ1) is 14.9. The van der Waals surface area contributed by atoms with Gasteiger partial charge in [-0.3, -0.25) is 4.79 Å². The molecule has 166 valence electrons. The molecule has 0 unspecified atom stereocenters. The van der Waals surface area contributed by atoms with Gasteiger partial charge in [-0.15, -0.1) is 0 Å². The van der Waals surface area contributed by atoms with Crippen molar-refractivity contribution >= 4 is 23.5 Å². The molecule has 0 aromatic heterocycles. The summed E-state index contributed by atoms with van der Waals surface area (Å²) < 4.78 is 7.42. The Bertz CT molecular complexity index is 958. The number of allylic oxidation sites excluding steroid dienone is 2. The highest BCUT2D eigenvalue weighted by atomic mass is 16.6. The molecule has 1 aliphatic rings. The van der Waals surface area contributed by atoms with Gasteiger partial charge in [0, 0.05) is 25.3 Å². The van der Waals surface area contributed by atoms with Gasteiger partial charge in [0.2, 0.25) is 0 Å².